The van der Waals surface area contributed by atoms with Gasteiger partial charge in [0.1, 0.15) is 5.69 Å². The van der Waals surface area contributed by atoms with Crippen LogP contribution >= 0.6 is 0 Å². The summed E-state index contributed by atoms with van der Waals surface area (Å²) in [7, 11) is 1.31. The molecule has 0 bridgehead atoms. The molecule has 0 aromatic carbocycles. The van der Waals surface area contributed by atoms with Gasteiger partial charge in [-0.3, -0.25) is 14.7 Å². The normalized spacial score (nSPS) is 9.88. The van der Waals surface area contributed by atoms with Crippen LogP contribution in [0.1, 0.15) is 29.5 Å². The number of hydrogen-bond acceptors (Lipinski definition) is 4. The lowest BCUT2D eigenvalue weighted by Gasteiger charge is -2.01. The monoisotopic (exact) mass is 225 g/mol. The van der Waals surface area contributed by atoms with E-state index < -0.39 is 0 Å². The van der Waals surface area contributed by atoms with Crippen LogP contribution in [0.3, 0.4) is 0 Å². The first kappa shape index (κ1) is 12.2. The SMILES string of the molecule is CCc1cc(C(=O)NCCC(=O)OC)n[nH]1. The quantitative estimate of drug-likeness (QED) is 0.704. The average molecular weight is 225 g/mol. The molecule has 0 aliphatic rings. The Labute approximate surface area is 93.4 Å². The van der Waals surface area contributed by atoms with E-state index in [4.69, 9.17) is 0 Å². The molecule has 6 heteroatoms. The summed E-state index contributed by atoms with van der Waals surface area (Å²) in [4.78, 5) is 22.3. The molecule has 0 saturated carbocycles. The van der Waals surface area contributed by atoms with Gasteiger partial charge >= 0.3 is 5.97 Å². The van der Waals surface area contributed by atoms with E-state index in [-0.39, 0.29) is 24.8 Å². The number of ether oxygens (including phenoxy) is 1. The second kappa shape index (κ2) is 5.89. The van der Waals surface area contributed by atoms with Crippen molar-refractivity contribution in [1.29, 1.82) is 0 Å². The molecule has 1 heterocycles. The first-order chi connectivity index (χ1) is 7.67. The molecule has 1 rings (SSSR count). The minimum absolute atomic E-state index is 0.160. The molecule has 1 aromatic rings. The summed E-state index contributed by atoms with van der Waals surface area (Å²) in [5.74, 6) is -0.642. The summed E-state index contributed by atoms with van der Waals surface area (Å²) in [5, 5.41) is 9.18. The average Bonchev–Trinajstić information content (AvgIpc) is 2.77. The number of hydrogen-bond donors (Lipinski definition) is 2. The van der Waals surface area contributed by atoms with E-state index in [9.17, 15) is 9.59 Å². The van der Waals surface area contributed by atoms with Gasteiger partial charge in [0, 0.05) is 12.2 Å². The maximum absolute atomic E-state index is 11.5. The Hall–Kier alpha value is -1.85. The van der Waals surface area contributed by atoms with Crippen molar-refractivity contribution in [2.24, 2.45) is 0 Å². The van der Waals surface area contributed by atoms with Crippen molar-refractivity contribution in [3.8, 4) is 0 Å². The number of aryl methyl sites for hydroxylation is 1. The molecule has 16 heavy (non-hydrogen) atoms. The van der Waals surface area contributed by atoms with Gasteiger partial charge in [0.2, 0.25) is 0 Å². The number of aromatic amines is 1. The van der Waals surface area contributed by atoms with Gasteiger partial charge in [-0.05, 0) is 12.5 Å². The maximum atomic E-state index is 11.5. The number of carbonyl (C=O) groups is 2. The number of aromatic nitrogens is 2. The third-order valence-electron chi connectivity index (χ3n) is 2.09. The van der Waals surface area contributed by atoms with E-state index in [1.54, 1.807) is 6.07 Å². The molecular formula is C10H15N3O3. The van der Waals surface area contributed by atoms with Crippen LogP contribution in [0.5, 0.6) is 0 Å². The van der Waals surface area contributed by atoms with Gasteiger partial charge in [-0.15, -0.1) is 0 Å². The van der Waals surface area contributed by atoms with E-state index in [0.29, 0.717) is 5.69 Å². The van der Waals surface area contributed by atoms with Crippen LogP contribution in [0.4, 0.5) is 0 Å². The zero-order chi connectivity index (χ0) is 12.0. The minimum Gasteiger partial charge on any atom is -0.469 e. The summed E-state index contributed by atoms with van der Waals surface area (Å²) < 4.78 is 4.45. The van der Waals surface area contributed by atoms with Crippen molar-refractivity contribution in [1.82, 2.24) is 15.5 Å². The molecule has 0 unspecified atom stereocenters. The molecule has 0 spiro atoms. The predicted molar refractivity (Wildman–Crippen MR) is 56.9 cm³/mol. The molecule has 0 fully saturated rings. The van der Waals surface area contributed by atoms with E-state index in [2.05, 4.69) is 20.3 Å². The number of H-pyrrole nitrogens is 1. The van der Waals surface area contributed by atoms with Gasteiger partial charge in [0.15, 0.2) is 0 Å². The number of nitrogens with zero attached hydrogens (tertiary/aromatic N) is 1. The summed E-state index contributed by atoms with van der Waals surface area (Å²) in [6.07, 6.45) is 0.954. The Morgan fingerprint density at radius 3 is 2.88 bits per heavy atom. The summed E-state index contributed by atoms with van der Waals surface area (Å²) >= 11 is 0. The molecule has 2 N–H and O–H groups in total. The van der Waals surface area contributed by atoms with Gasteiger partial charge in [0.25, 0.3) is 5.91 Å². The standard InChI is InChI=1S/C10H15N3O3/c1-3-7-6-8(13-12-7)10(15)11-5-4-9(14)16-2/h6H,3-5H2,1-2H3,(H,11,15)(H,12,13). The first-order valence-electron chi connectivity index (χ1n) is 5.06. The number of methoxy groups -OCH3 is 1. The smallest absolute Gasteiger partial charge is 0.307 e. The van der Waals surface area contributed by atoms with Crippen LogP contribution in [0, 0.1) is 0 Å². The van der Waals surface area contributed by atoms with Gasteiger partial charge in [0.05, 0.1) is 13.5 Å². The Bertz CT molecular complexity index is 373. The van der Waals surface area contributed by atoms with E-state index in [0.717, 1.165) is 12.1 Å². The molecule has 1 amide bonds. The highest BCUT2D eigenvalue weighted by molar-refractivity contribution is 5.92. The Morgan fingerprint density at radius 2 is 2.31 bits per heavy atom. The Kier molecular flexibility index (Phi) is 4.50. The fourth-order valence-corrected chi connectivity index (χ4v) is 1.13. The van der Waals surface area contributed by atoms with Crippen LogP contribution in [-0.4, -0.2) is 35.7 Å². The first-order valence-corrected chi connectivity index (χ1v) is 5.06. The number of nitrogens with one attached hydrogen (secondary N) is 2. The van der Waals surface area contributed by atoms with Crippen molar-refractivity contribution in [3.05, 3.63) is 17.5 Å². The molecule has 0 saturated heterocycles. The van der Waals surface area contributed by atoms with Crippen molar-refractivity contribution in [2.75, 3.05) is 13.7 Å². The lowest BCUT2D eigenvalue weighted by molar-refractivity contribution is -0.140. The van der Waals surface area contributed by atoms with E-state index in [1.165, 1.54) is 7.11 Å². The zero-order valence-electron chi connectivity index (χ0n) is 9.37. The van der Waals surface area contributed by atoms with Gasteiger partial charge in [-0.1, -0.05) is 6.92 Å². The second-order valence-electron chi connectivity index (χ2n) is 3.21. The van der Waals surface area contributed by atoms with Crippen LogP contribution in [0.2, 0.25) is 0 Å². The third kappa shape index (κ3) is 3.38. The van der Waals surface area contributed by atoms with Crippen molar-refractivity contribution in [2.45, 2.75) is 19.8 Å². The highest BCUT2D eigenvalue weighted by atomic mass is 16.5. The molecule has 0 radical (unpaired) electrons. The van der Waals surface area contributed by atoms with E-state index in [1.807, 2.05) is 6.92 Å². The van der Waals surface area contributed by atoms with Crippen LogP contribution in [0.15, 0.2) is 6.07 Å². The van der Waals surface area contributed by atoms with Crippen molar-refractivity contribution < 1.29 is 14.3 Å². The van der Waals surface area contributed by atoms with Crippen LogP contribution in [0.25, 0.3) is 0 Å². The lowest BCUT2D eigenvalue weighted by Crippen LogP contribution is -2.26. The number of esters is 1. The van der Waals surface area contributed by atoms with Crippen LogP contribution < -0.4 is 5.32 Å². The zero-order valence-corrected chi connectivity index (χ0v) is 9.37. The number of rotatable bonds is 5. The van der Waals surface area contributed by atoms with Crippen molar-refractivity contribution >= 4 is 11.9 Å². The summed E-state index contributed by atoms with van der Waals surface area (Å²) in [6, 6.07) is 1.69. The molecule has 6 nitrogen and oxygen atoms in total. The fourth-order valence-electron chi connectivity index (χ4n) is 1.13. The second-order valence-corrected chi connectivity index (χ2v) is 3.21. The van der Waals surface area contributed by atoms with Gasteiger partial charge in [-0.25, -0.2) is 0 Å². The third-order valence-corrected chi connectivity index (χ3v) is 2.09. The topological polar surface area (TPSA) is 84.1 Å². The predicted octanol–water partition coefficient (Wildman–Crippen LogP) is 0.265. The van der Waals surface area contributed by atoms with E-state index >= 15 is 0 Å². The van der Waals surface area contributed by atoms with Gasteiger partial charge < -0.3 is 10.1 Å². The molecule has 0 atom stereocenters. The maximum Gasteiger partial charge on any atom is 0.307 e. The van der Waals surface area contributed by atoms with Crippen molar-refractivity contribution in [3.63, 3.8) is 0 Å². The summed E-state index contributed by atoms with van der Waals surface area (Å²) in [5.41, 5.74) is 1.24. The largest absolute Gasteiger partial charge is 0.469 e. The molecule has 0 aliphatic heterocycles. The summed E-state index contributed by atoms with van der Waals surface area (Å²) in [6.45, 7) is 2.21. The minimum atomic E-state index is -0.350. The molecular weight excluding hydrogens is 210 g/mol. The van der Waals surface area contributed by atoms with Gasteiger partial charge in [-0.2, -0.15) is 5.10 Å². The fraction of sp³-hybridized carbons (Fsp3) is 0.500. The highest BCUT2D eigenvalue weighted by Crippen LogP contribution is 1.99. The molecule has 88 valence electrons. The number of amides is 1. The molecule has 1 aromatic heterocycles. The highest BCUT2D eigenvalue weighted by Gasteiger charge is 2.09. The Balaban J connectivity index is 2.38. The lowest BCUT2D eigenvalue weighted by atomic mass is 10.3. The number of carbonyl (C=O) groups excluding carboxylic acids is 2. The molecule has 0 aliphatic carbocycles. The van der Waals surface area contributed by atoms with Crippen LogP contribution in [-0.2, 0) is 16.0 Å². The Morgan fingerprint density at radius 1 is 1.56 bits per heavy atom.